The molecule has 1 rings (SSSR count). The Morgan fingerprint density at radius 3 is 2.10 bits per heavy atom. The van der Waals surface area contributed by atoms with Crippen LogP contribution in [0.25, 0.3) is 0 Å². The van der Waals surface area contributed by atoms with Crippen molar-refractivity contribution < 1.29 is 18.0 Å². The van der Waals surface area contributed by atoms with E-state index in [9.17, 15) is 18.0 Å². The number of hydrogen-bond donors (Lipinski definition) is 0. The number of alkyl halides is 3. The van der Waals surface area contributed by atoms with E-state index in [4.69, 9.17) is 0 Å². The molecule has 0 saturated heterocycles. The van der Waals surface area contributed by atoms with Crippen molar-refractivity contribution in [2.24, 2.45) is 0 Å². The molecule has 20 heavy (non-hydrogen) atoms. The number of unbranched alkanes of at least 4 members (excludes halogenated alkanes) is 1. The lowest BCUT2D eigenvalue weighted by molar-refractivity contribution is -0.137. The van der Waals surface area contributed by atoms with Crippen LogP contribution in [-0.4, -0.2) is 23.9 Å². The molecule has 0 atom stereocenters. The minimum atomic E-state index is -4.37. The van der Waals surface area contributed by atoms with Crippen LogP contribution in [0.2, 0.25) is 0 Å². The normalized spacial score (nSPS) is 11.4. The summed E-state index contributed by atoms with van der Waals surface area (Å²) in [6.45, 7) is 5.27. The quantitative estimate of drug-likeness (QED) is 0.761. The third kappa shape index (κ3) is 4.54. The molecule has 0 spiro atoms. The minimum Gasteiger partial charge on any atom is -0.339 e. The number of halogens is 3. The minimum absolute atomic E-state index is 0.200. The second-order valence-corrected chi connectivity index (χ2v) is 4.72. The molecule has 1 amide bonds. The molecule has 0 aromatic heterocycles. The molecule has 1 aromatic carbocycles. The van der Waals surface area contributed by atoms with Crippen LogP contribution < -0.4 is 0 Å². The maximum Gasteiger partial charge on any atom is 0.416 e. The Bertz CT molecular complexity index is 426. The number of benzene rings is 1. The van der Waals surface area contributed by atoms with Crippen molar-refractivity contribution in [1.29, 1.82) is 0 Å². The van der Waals surface area contributed by atoms with Crippen molar-refractivity contribution in [2.45, 2.75) is 39.3 Å². The number of hydrogen-bond acceptors (Lipinski definition) is 1. The summed E-state index contributed by atoms with van der Waals surface area (Å²) in [5.41, 5.74) is -0.424. The first-order valence-electron chi connectivity index (χ1n) is 6.86. The SMILES string of the molecule is CCCCN(CCC)C(=O)c1ccc(C(F)(F)F)cc1. The molecular formula is C15H20F3NO. The second-order valence-electron chi connectivity index (χ2n) is 4.72. The van der Waals surface area contributed by atoms with E-state index in [1.165, 1.54) is 12.1 Å². The lowest BCUT2D eigenvalue weighted by Gasteiger charge is -2.22. The summed E-state index contributed by atoms with van der Waals surface area (Å²) in [7, 11) is 0. The molecule has 0 N–H and O–H groups in total. The predicted molar refractivity (Wildman–Crippen MR) is 72.5 cm³/mol. The molecule has 2 nitrogen and oxygen atoms in total. The average molecular weight is 287 g/mol. The molecule has 0 aliphatic rings. The summed E-state index contributed by atoms with van der Waals surface area (Å²) in [4.78, 5) is 13.9. The van der Waals surface area contributed by atoms with Gasteiger partial charge < -0.3 is 4.90 Å². The van der Waals surface area contributed by atoms with Crippen LogP contribution in [0, 0.1) is 0 Å². The van der Waals surface area contributed by atoms with E-state index < -0.39 is 11.7 Å². The van der Waals surface area contributed by atoms with Gasteiger partial charge in [0, 0.05) is 18.7 Å². The molecule has 0 unspecified atom stereocenters. The van der Waals surface area contributed by atoms with Gasteiger partial charge in [0.15, 0.2) is 0 Å². The summed E-state index contributed by atoms with van der Waals surface area (Å²) in [6.07, 6.45) is -1.67. The number of amides is 1. The Balaban J connectivity index is 2.83. The predicted octanol–water partition coefficient (Wildman–Crippen LogP) is 4.36. The van der Waals surface area contributed by atoms with Crippen LogP contribution in [0.1, 0.15) is 49.0 Å². The van der Waals surface area contributed by atoms with Crippen molar-refractivity contribution in [2.75, 3.05) is 13.1 Å². The van der Waals surface area contributed by atoms with E-state index in [0.29, 0.717) is 18.7 Å². The van der Waals surface area contributed by atoms with Crippen LogP contribution in [0.15, 0.2) is 24.3 Å². The number of carbonyl (C=O) groups excluding carboxylic acids is 1. The topological polar surface area (TPSA) is 20.3 Å². The van der Waals surface area contributed by atoms with Gasteiger partial charge in [-0.05, 0) is 37.1 Å². The van der Waals surface area contributed by atoms with Crippen LogP contribution in [0.3, 0.4) is 0 Å². The molecule has 0 bridgehead atoms. The smallest absolute Gasteiger partial charge is 0.339 e. The Kier molecular flexibility index (Phi) is 6.05. The van der Waals surface area contributed by atoms with Gasteiger partial charge in [-0.25, -0.2) is 0 Å². The van der Waals surface area contributed by atoms with Gasteiger partial charge in [0.2, 0.25) is 0 Å². The maximum absolute atomic E-state index is 12.5. The van der Waals surface area contributed by atoms with E-state index in [1.807, 2.05) is 13.8 Å². The zero-order chi connectivity index (χ0) is 15.2. The highest BCUT2D eigenvalue weighted by atomic mass is 19.4. The first kappa shape index (κ1) is 16.5. The molecule has 1 aromatic rings. The molecule has 0 radical (unpaired) electrons. The summed E-state index contributed by atoms with van der Waals surface area (Å²) < 4.78 is 37.4. The van der Waals surface area contributed by atoms with E-state index in [0.717, 1.165) is 31.4 Å². The van der Waals surface area contributed by atoms with Crippen LogP contribution in [0.4, 0.5) is 13.2 Å². The Morgan fingerprint density at radius 1 is 1.05 bits per heavy atom. The van der Waals surface area contributed by atoms with Gasteiger partial charge in [-0.2, -0.15) is 13.2 Å². The monoisotopic (exact) mass is 287 g/mol. The van der Waals surface area contributed by atoms with Gasteiger partial charge in [0.25, 0.3) is 5.91 Å². The van der Waals surface area contributed by atoms with Gasteiger partial charge in [0.1, 0.15) is 0 Å². The van der Waals surface area contributed by atoms with Crippen LogP contribution in [-0.2, 0) is 6.18 Å². The highest BCUT2D eigenvalue weighted by Gasteiger charge is 2.30. The van der Waals surface area contributed by atoms with Crippen LogP contribution in [0.5, 0.6) is 0 Å². The average Bonchev–Trinajstić information content (AvgIpc) is 2.42. The van der Waals surface area contributed by atoms with Crippen molar-refractivity contribution in [3.8, 4) is 0 Å². The first-order chi connectivity index (χ1) is 9.40. The Labute approximate surface area is 117 Å². The zero-order valence-corrected chi connectivity index (χ0v) is 11.8. The fourth-order valence-electron chi connectivity index (χ4n) is 1.92. The molecule has 0 aliphatic heterocycles. The van der Waals surface area contributed by atoms with Crippen LogP contribution >= 0.6 is 0 Å². The van der Waals surface area contributed by atoms with Crippen molar-refractivity contribution >= 4 is 5.91 Å². The van der Waals surface area contributed by atoms with E-state index in [1.54, 1.807) is 4.90 Å². The Morgan fingerprint density at radius 2 is 1.65 bits per heavy atom. The van der Waals surface area contributed by atoms with E-state index in [2.05, 4.69) is 0 Å². The van der Waals surface area contributed by atoms with E-state index >= 15 is 0 Å². The molecule has 0 fully saturated rings. The van der Waals surface area contributed by atoms with Gasteiger partial charge >= 0.3 is 6.18 Å². The molecular weight excluding hydrogens is 267 g/mol. The van der Waals surface area contributed by atoms with E-state index in [-0.39, 0.29) is 5.91 Å². The van der Waals surface area contributed by atoms with Crippen molar-refractivity contribution in [3.05, 3.63) is 35.4 Å². The summed E-state index contributed by atoms with van der Waals surface area (Å²) in [5.74, 6) is -0.200. The van der Waals surface area contributed by atoms with Gasteiger partial charge in [-0.15, -0.1) is 0 Å². The molecule has 0 saturated carbocycles. The fraction of sp³-hybridized carbons (Fsp3) is 0.533. The maximum atomic E-state index is 12.5. The molecule has 112 valence electrons. The third-order valence-electron chi connectivity index (χ3n) is 3.02. The lowest BCUT2D eigenvalue weighted by Crippen LogP contribution is -2.32. The standard InChI is InChI=1S/C15H20F3NO/c1-3-5-11-19(10-4-2)14(20)12-6-8-13(9-7-12)15(16,17)18/h6-9H,3-5,10-11H2,1-2H3. The third-order valence-corrected chi connectivity index (χ3v) is 3.02. The van der Waals surface area contributed by atoms with Crippen molar-refractivity contribution in [3.63, 3.8) is 0 Å². The molecule has 5 heteroatoms. The van der Waals surface area contributed by atoms with Crippen molar-refractivity contribution in [1.82, 2.24) is 4.90 Å². The fourth-order valence-corrected chi connectivity index (χ4v) is 1.92. The largest absolute Gasteiger partial charge is 0.416 e. The highest BCUT2D eigenvalue weighted by Crippen LogP contribution is 2.29. The number of carbonyl (C=O) groups is 1. The summed E-state index contributed by atoms with van der Waals surface area (Å²) in [6, 6.07) is 4.41. The van der Waals surface area contributed by atoms with Gasteiger partial charge in [0.05, 0.1) is 5.56 Å². The summed E-state index contributed by atoms with van der Waals surface area (Å²) in [5, 5.41) is 0. The number of nitrogens with zero attached hydrogens (tertiary/aromatic N) is 1. The van der Waals surface area contributed by atoms with Gasteiger partial charge in [-0.1, -0.05) is 20.3 Å². The zero-order valence-electron chi connectivity index (χ0n) is 11.8. The highest BCUT2D eigenvalue weighted by molar-refractivity contribution is 5.94. The molecule has 0 aliphatic carbocycles. The summed E-state index contributed by atoms with van der Waals surface area (Å²) >= 11 is 0. The molecule has 0 heterocycles. The lowest BCUT2D eigenvalue weighted by atomic mass is 10.1. The second kappa shape index (κ2) is 7.31. The Hall–Kier alpha value is -1.52. The van der Waals surface area contributed by atoms with Gasteiger partial charge in [-0.3, -0.25) is 4.79 Å². The first-order valence-corrected chi connectivity index (χ1v) is 6.86. The number of rotatable bonds is 6.